The number of aldehydes is 1. The van der Waals surface area contributed by atoms with Crippen LogP contribution in [-0.4, -0.2) is 41.5 Å². The third kappa shape index (κ3) is 2.85. The van der Waals surface area contributed by atoms with Gasteiger partial charge < -0.3 is 5.11 Å². The fraction of sp³-hybridized carbons (Fsp3) is 0.421. The van der Waals surface area contributed by atoms with E-state index in [1.807, 2.05) is 18.2 Å². The Morgan fingerprint density at radius 3 is 2.77 bits per heavy atom. The van der Waals surface area contributed by atoms with E-state index in [0.717, 1.165) is 43.3 Å². The summed E-state index contributed by atoms with van der Waals surface area (Å²) in [5.41, 5.74) is 2.58. The van der Waals surface area contributed by atoms with Crippen molar-refractivity contribution in [3.05, 3.63) is 47.5 Å². The number of nitrogens with zero attached hydrogens (tertiary/aromatic N) is 1. The number of allylic oxidation sites excluding steroid dienone is 1. The maximum atomic E-state index is 10.9. The van der Waals surface area contributed by atoms with E-state index in [0.29, 0.717) is 17.9 Å². The Bertz CT molecular complexity index is 631. The molecule has 0 radical (unpaired) electrons. The molecule has 3 heteroatoms. The molecule has 0 aromatic heterocycles. The van der Waals surface area contributed by atoms with Crippen molar-refractivity contribution in [1.82, 2.24) is 4.90 Å². The van der Waals surface area contributed by atoms with Crippen molar-refractivity contribution in [2.75, 3.05) is 13.1 Å². The van der Waals surface area contributed by atoms with Crippen molar-refractivity contribution in [2.24, 2.45) is 5.92 Å². The van der Waals surface area contributed by atoms with Gasteiger partial charge in [0, 0.05) is 11.1 Å². The average molecular weight is 295 g/mol. The predicted molar refractivity (Wildman–Crippen MR) is 86.7 cm³/mol. The summed E-state index contributed by atoms with van der Waals surface area (Å²) in [7, 11) is 0. The highest BCUT2D eigenvalue weighted by atomic mass is 16.3. The first kappa shape index (κ1) is 15.0. The van der Waals surface area contributed by atoms with Gasteiger partial charge in [-0.3, -0.25) is 9.69 Å². The van der Waals surface area contributed by atoms with E-state index in [-0.39, 0.29) is 12.1 Å². The second-order valence-corrected chi connectivity index (χ2v) is 6.11. The van der Waals surface area contributed by atoms with E-state index in [1.165, 1.54) is 0 Å². The van der Waals surface area contributed by atoms with Crippen molar-refractivity contribution in [2.45, 2.75) is 31.4 Å². The number of carbonyl (C=O) groups is 1. The fourth-order valence-electron chi connectivity index (χ4n) is 3.47. The number of piperidine rings is 3. The minimum absolute atomic E-state index is 0.0603. The van der Waals surface area contributed by atoms with Crippen LogP contribution in [0.3, 0.4) is 0 Å². The fourth-order valence-corrected chi connectivity index (χ4v) is 3.47. The van der Waals surface area contributed by atoms with Gasteiger partial charge in [-0.2, -0.15) is 0 Å². The SMILES string of the molecule is C=CCc1cc(C=O)ccc1C#CC1C(O)C2CCN1CC2. The van der Waals surface area contributed by atoms with Gasteiger partial charge in [-0.1, -0.05) is 24.0 Å². The van der Waals surface area contributed by atoms with Gasteiger partial charge in [0.2, 0.25) is 0 Å². The van der Waals surface area contributed by atoms with Crippen LogP contribution in [0.5, 0.6) is 0 Å². The molecule has 1 N–H and O–H groups in total. The molecule has 1 aromatic rings. The smallest absolute Gasteiger partial charge is 0.150 e. The lowest BCUT2D eigenvalue weighted by atomic mass is 9.81. The van der Waals surface area contributed by atoms with Gasteiger partial charge in [0.25, 0.3) is 0 Å². The summed E-state index contributed by atoms with van der Waals surface area (Å²) in [6.07, 6.45) is 5.16. The minimum atomic E-state index is -0.341. The predicted octanol–water partition coefficient (Wildman–Crippen LogP) is 2.03. The molecule has 1 aromatic carbocycles. The van der Waals surface area contributed by atoms with Crippen molar-refractivity contribution in [3.8, 4) is 11.8 Å². The number of hydrogen-bond donors (Lipinski definition) is 1. The van der Waals surface area contributed by atoms with Crippen molar-refractivity contribution >= 4 is 6.29 Å². The minimum Gasteiger partial charge on any atom is -0.390 e. The van der Waals surface area contributed by atoms with E-state index in [9.17, 15) is 9.90 Å². The van der Waals surface area contributed by atoms with Gasteiger partial charge in [-0.15, -0.1) is 6.58 Å². The highest BCUT2D eigenvalue weighted by Gasteiger charge is 2.40. The van der Waals surface area contributed by atoms with Crippen LogP contribution in [0.2, 0.25) is 0 Å². The molecule has 3 aliphatic rings. The number of rotatable bonds is 3. The standard InChI is InChI=1S/C19H21NO2/c1-2-3-17-12-14(13-21)4-5-15(17)6-7-18-19(22)16-8-10-20(18)11-9-16/h2,4-5,12-13,16,18-19,22H,1,3,8-11H2. The van der Waals surface area contributed by atoms with Crippen LogP contribution in [0, 0.1) is 17.8 Å². The molecule has 0 spiro atoms. The quantitative estimate of drug-likeness (QED) is 0.527. The maximum absolute atomic E-state index is 10.9. The lowest BCUT2D eigenvalue weighted by molar-refractivity contribution is -0.0500. The van der Waals surface area contributed by atoms with Gasteiger partial charge in [0.15, 0.2) is 0 Å². The molecule has 3 heterocycles. The lowest BCUT2D eigenvalue weighted by Crippen LogP contribution is -2.57. The summed E-state index contributed by atoms with van der Waals surface area (Å²) >= 11 is 0. The molecule has 4 rings (SSSR count). The zero-order valence-electron chi connectivity index (χ0n) is 12.7. The molecule has 3 nitrogen and oxygen atoms in total. The van der Waals surface area contributed by atoms with Crippen molar-refractivity contribution < 1.29 is 9.90 Å². The Hall–Kier alpha value is -1.89. The first-order valence-electron chi connectivity index (χ1n) is 7.85. The largest absolute Gasteiger partial charge is 0.390 e. The Morgan fingerprint density at radius 1 is 1.36 bits per heavy atom. The number of fused-ring (bicyclic) bond motifs is 3. The van der Waals surface area contributed by atoms with Crippen LogP contribution in [0.15, 0.2) is 30.9 Å². The number of hydrogen-bond acceptors (Lipinski definition) is 3. The second-order valence-electron chi connectivity index (χ2n) is 6.11. The Morgan fingerprint density at radius 2 is 2.14 bits per heavy atom. The number of carbonyl (C=O) groups excluding carboxylic acids is 1. The molecule has 0 saturated carbocycles. The monoisotopic (exact) mass is 295 g/mol. The van der Waals surface area contributed by atoms with Crippen LogP contribution in [0.4, 0.5) is 0 Å². The zero-order valence-corrected chi connectivity index (χ0v) is 12.7. The van der Waals surface area contributed by atoms with Crippen molar-refractivity contribution in [3.63, 3.8) is 0 Å². The maximum Gasteiger partial charge on any atom is 0.150 e. The van der Waals surface area contributed by atoms with Gasteiger partial charge in [-0.25, -0.2) is 0 Å². The second kappa shape index (κ2) is 6.48. The topological polar surface area (TPSA) is 40.5 Å². The highest BCUT2D eigenvalue weighted by molar-refractivity contribution is 5.75. The molecule has 0 amide bonds. The van der Waals surface area contributed by atoms with Gasteiger partial charge in [0.1, 0.15) is 6.29 Å². The molecule has 2 bridgehead atoms. The van der Waals surface area contributed by atoms with E-state index >= 15 is 0 Å². The molecular formula is C19H21NO2. The van der Waals surface area contributed by atoms with Gasteiger partial charge in [-0.05, 0) is 56.0 Å². The summed E-state index contributed by atoms with van der Waals surface area (Å²) in [5, 5.41) is 10.4. The van der Waals surface area contributed by atoms with E-state index in [2.05, 4.69) is 23.3 Å². The van der Waals surface area contributed by atoms with Crippen LogP contribution >= 0.6 is 0 Å². The first-order chi connectivity index (χ1) is 10.7. The molecular weight excluding hydrogens is 274 g/mol. The Balaban J connectivity index is 1.87. The Kier molecular flexibility index (Phi) is 4.42. The molecule has 2 unspecified atom stereocenters. The van der Waals surface area contributed by atoms with Crippen molar-refractivity contribution in [1.29, 1.82) is 0 Å². The third-order valence-corrected chi connectivity index (χ3v) is 4.76. The third-order valence-electron chi connectivity index (χ3n) is 4.76. The molecule has 0 aliphatic carbocycles. The molecule has 2 atom stereocenters. The highest BCUT2D eigenvalue weighted by Crippen LogP contribution is 2.31. The van der Waals surface area contributed by atoms with Gasteiger partial charge >= 0.3 is 0 Å². The number of aliphatic hydroxyl groups excluding tert-OH is 1. The average Bonchev–Trinajstić information content (AvgIpc) is 2.56. The van der Waals surface area contributed by atoms with E-state index in [1.54, 1.807) is 6.07 Å². The van der Waals surface area contributed by atoms with Crippen LogP contribution in [0.25, 0.3) is 0 Å². The van der Waals surface area contributed by atoms with Crippen LogP contribution in [0.1, 0.15) is 34.3 Å². The number of benzene rings is 1. The van der Waals surface area contributed by atoms with Gasteiger partial charge in [0.05, 0.1) is 12.1 Å². The molecule has 114 valence electrons. The normalized spacial score (nSPS) is 29.5. The first-order valence-corrected chi connectivity index (χ1v) is 7.85. The zero-order chi connectivity index (χ0) is 15.5. The molecule has 22 heavy (non-hydrogen) atoms. The summed E-state index contributed by atoms with van der Waals surface area (Å²) in [6.45, 7) is 5.83. The van der Waals surface area contributed by atoms with E-state index in [4.69, 9.17) is 0 Å². The van der Waals surface area contributed by atoms with Crippen LogP contribution < -0.4 is 0 Å². The summed E-state index contributed by atoms with van der Waals surface area (Å²) in [4.78, 5) is 13.2. The molecule has 3 aliphatic heterocycles. The Labute approximate surface area is 131 Å². The molecule has 3 saturated heterocycles. The summed E-state index contributed by atoms with van der Waals surface area (Å²) < 4.78 is 0. The molecule has 3 fully saturated rings. The summed E-state index contributed by atoms with van der Waals surface area (Å²) in [6, 6.07) is 5.48. The summed E-state index contributed by atoms with van der Waals surface area (Å²) in [5.74, 6) is 6.88. The van der Waals surface area contributed by atoms with E-state index < -0.39 is 0 Å². The lowest BCUT2D eigenvalue weighted by Gasteiger charge is -2.46. The number of aliphatic hydroxyl groups is 1. The van der Waals surface area contributed by atoms with Crippen LogP contribution in [-0.2, 0) is 6.42 Å².